The van der Waals surface area contributed by atoms with Gasteiger partial charge in [0.05, 0.1) is 24.7 Å². The molecule has 4 rings (SSSR count). The number of alkyl halides is 5. The van der Waals surface area contributed by atoms with Gasteiger partial charge in [-0.3, -0.25) is 4.90 Å². The molecule has 250 valence electrons. The van der Waals surface area contributed by atoms with Gasteiger partial charge in [0.25, 0.3) is 0 Å². The van der Waals surface area contributed by atoms with E-state index >= 15 is 0 Å². The van der Waals surface area contributed by atoms with Crippen LogP contribution in [0.2, 0.25) is 0 Å². The molecule has 1 aliphatic carbocycles. The molecule has 0 unspecified atom stereocenters. The number of halogens is 5. The molecule has 1 saturated heterocycles. The predicted octanol–water partition coefficient (Wildman–Crippen LogP) is 8.07. The molecule has 2 aromatic carbocycles. The number of ether oxygens (including phenoxy) is 1. The van der Waals surface area contributed by atoms with Gasteiger partial charge in [0.15, 0.2) is 0 Å². The van der Waals surface area contributed by atoms with Crippen LogP contribution in [0.4, 0.5) is 22.0 Å². The summed E-state index contributed by atoms with van der Waals surface area (Å²) in [7, 11) is -3.77. The zero-order valence-electron chi connectivity index (χ0n) is 25.6. The third-order valence-corrected chi connectivity index (χ3v) is 10.6. The minimum Gasteiger partial charge on any atom is -0.508 e. The number of allylic oxidation sites excluding steroid dienone is 2. The van der Waals surface area contributed by atoms with E-state index in [4.69, 9.17) is 4.74 Å². The lowest BCUT2D eigenvalue weighted by Crippen LogP contribution is -2.46. The van der Waals surface area contributed by atoms with E-state index in [9.17, 15) is 35.5 Å². The fourth-order valence-electron chi connectivity index (χ4n) is 6.39. The van der Waals surface area contributed by atoms with Gasteiger partial charge in [-0.2, -0.15) is 22.0 Å². The zero-order valence-corrected chi connectivity index (χ0v) is 26.5. The highest BCUT2D eigenvalue weighted by Gasteiger charge is 2.56. The Morgan fingerprint density at radius 1 is 0.911 bits per heavy atom. The number of aryl methyl sites for hydroxylation is 1. The van der Waals surface area contributed by atoms with Crippen LogP contribution in [0.25, 0.3) is 11.1 Å². The average Bonchev–Trinajstić information content (AvgIpc) is 3.17. The number of unbranched alkanes of at least 4 members (excludes halogenated alkanes) is 3. The summed E-state index contributed by atoms with van der Waals surface area (Å²) in [5.74, 6) is -5.56. The Bertz CT molecular complexity index is 1380. The Balaban J connectivity index is 1.25. The number of nitrogens with zero attached hydrogens (tertiary/aromatic N) is 1. The van der Waals surface area contributed by atoms with Crippen LogP contribution in [-0.4, -0.2) is 74.4 Å². The molecule has 1 atom stereocenters. The minimum absolute atomic E-state index is 0.136. The molecule has 0 radical (unpaired) electrons. The number of hydrogen-bond acceptors (Lipinski definition) is 5. The van der Waals surface area contributed by atoms with Gasteiger partial charge in [-0.25, -0.2) is 8.42 Å². The summed E-state index contributed by atoms with van der Waals surface area (Å²) in [6.45, 7) is 2.36. The van der Waals surface area contributed by atoms with Crippen molar-refractivity contribution in [1.29, 1.82) is 0 Å². The number of rotatable bonds is 15. The van der Waals surface area contributed by atoms with Gasteiger partial charge < -0.3 is 9.84 Å². The van der Waals surface area contributed by atoms with E-state index in [0.717, 1.165) is 57.9 Å². The van der Waals surface area contributed by atoms with Crippen molar-refractivity contribution in [3.63, 3.8) is 0 Å². The first-order valence-electron chi connectivity index (χ1n) is 15.9. The topological polar surface area (TPSA) is 66.8 Å². The molecular formula is C34H44F5NO4S. The molecule has 1 heterocycles. The SMILES string of the molecule is O=S(=O)(CCCC(F)(F)C(F)(F)F)CC[C@@H]1COCCN1CCCCCCC1=C(c2ccccc2)CCCc2cc(O)ccc21. The first-order valence-corrected chi connectivity index (χ1v) is 17.7. The largest absolute Gasteiger partial charge is 0.508 e. The van der Waals surface area contributed by atoms with E-state index < -0.39 is 40.5 Å². The highest BCUT2D eigenvalue weighted by molar-refractivity contribution is 7.91. The highest BCUT2D eigenvalue weighted by atomic mass is 32.2. The fourth-order valence-corrected chi connectivity index (χ4v) is 7.81. The van der Waals surface area contributed by atoms with Crippen LogP contribution in [0.3, 0.4) is 0 Å². The Morgan fingerprint density at radius 2 is 1.67 bits per heavy atom. The first-order chi connectivity index (χ1) is 21.4. The van der Waals surface area contributed by atoms with Crippen molar-refractivity contribution in [2.45, 2.75) is 88.8 Å². The Hall–Kier alpha value is -2.50. The summed E-state index contributed by atoms with van der Waals surface area (Å²) >= 11 is 0. The van der Waals surface area contributed by atoms with E-state index in [2.05, 4.69) is 29.2 Å². The second-order valence-electron chi connectivity index (χ2n) is 12.2. The molecule has 1 fully saturated rings. The van der Waals surface area contributed by atoms with Gasteiger partial charge in [0.1, 0.15) is 15.6 Å². The summed E-state index contributed by atoms with van der Waals surface area (Å²) in [5.41, 5.74) is 6.39. The van der Waals surface area contributed by atoms with E-state index in [-0.39, 0.29) is 18.2 Å². The Morgan fingerprint density at radius 3 is 2.42 bits per heavy atom. The van der Waals surface area contributed by atoms with Gasteiger partial charge in [0.2, 0.25) is 0 Å². The third kappa shape index (κ3) is 10.2. The van der Waals surface area contributed by atoms with Crippen molar-refractivity contribution in [2.24, 2.45) is 0 Å². The second kappa shape index (κ2) is 15.9. The summed E-state index contributed by atoms with van der Waals surface area (Å²) < 4.78 is 93.8. The van der Waals surface area contributed by atoms with E-state index in [1.165, 1.54) is 27.8 Å². The van der Waals surface area contributed by atoms with Gasteiger partial charge in [-0.15, -0.1) is 0 Å². The second-order valence-corrected chi connectivity index (χ2v) is 14.5. The third-order valence-electron chi connectivity index (χ3n) is 8.87. The maximum Gasteiger partial charge on any atom is 0.453 e. The molecule has 0 saturated carbocycles. The van der Waals surface area contributed by atoms with Gasteiger partial charge >= 0.3 is 12.1 Å². The monoisotopic (exact) mass is 657 g/mol. The van der Waals surface area contributed by atoms with Crippen LogP contribution in [0.5, 0.6) is 5.75 Å². The summed E-state index contributed by atoms with van der Waals surface area (Å²) in [6, 6.07) is 16.1. The molecule has 5 nitrogen and oxygen atoms in total. The van der Waals surface area contributed by atoms with Crippen molar-refractivity contribution in [1.82, 2.24) is 4.90 Å². The van der Waals surface area contributed by atoms with E-state index in [1.807, 2.05) is 18.2 Å². The molecule has 11 heteroatoms. The number of aromatic hydroxyl groups is 1. The normalized spacial score (nSPS) is 18.6. The number of phenols is 1. The van der Waals surface area contributed by atoms with Crippen LogP contribution in [0, 0.1) is 0 Å². The van der Waals surface area contributed by atoms with E-state index in [1.54, 1.807) is 6.07 Å². The van der Waals surface area contributed by atoms with Crippen LogP contribution >= 0.6 is 0 Å². The quantitative estimate of drug-likeness (QED) is 0.155. The standard InChI is InChI=1S/C34H44F5NO4S/c35-33(36,34(37,38)39)18-9-22-45(42,43)23-17-28-25-44-21-20-40(28)19-7-2-1-6-13-32-30(26-10-4-3-5-11-26)14-8-12-27-24-29(41)15-16-31(27)32/h3-5,10-11,15-16,24,28,41H,1-2,6-9,12-14,17-23,25H2/t28-/m1/s1. The number of phenolic OH excluding ortho intramolecular Hbond substituents is 1. The Labute approximate surface area is 263 Å². The fraction of sp³-hybridized carbons (Fsp3) is 0.588. The lowest BCUT2D eigenvalue weighted by molar-refractivity contribution is -0.284. The van der Waals surface area contributed by atoms with Crippen LogP contribution in [0.1, 0.15) is 80.9 Å². The molecule has 1 N–H and O–H groups in total. The predicted molar refractivity (Wildman–Crippen MR) is 167 cm³/mol. The summed E-state index contributed by atoms with van der Waals surface area (Å²) in [5, 5.41) is 10.1. The number of sulfone groups is 1. The minimum atomic E-state index is -5.68. The summed E-state index contributed by atoms with van der Waals surface area (Å²) in [6.07, 6.45) is 0.185. The maximum absolute atomic E-state index is 13.1. The highest BCUT2D eigenvalue weighted by Crippen LogP contribution is 2.40. The van der Waals surface area contributed by atoms with Gasteiger partial charge in [-0.1, -0.05) is 49.2 Å². The van der Waals surface area contributed by atoms with Crippen molar-refractivity contribution < 1.29 is 40.2 Å². The molecule has 2 aromatic rings. The van der Waals surface area contributed by atoms with Crippen molar-refractivity contribution in [3.8, 4) is 5.75 Å². The van der Waals surface area contributed by atoms with Crippen LogP contribution in [-0.2, 0) is 21.0 Å². The van der Waals surface area contributed by atoms with Gasteiger partial charge in [-0.05, 0) is 97.9 Å². The van der Waals surface area contributed by atoms with Crippen molar-refractivity contribution in [2.75, 3.05) is 37.8 Å². The summed E-state index contributed by atoms with van der Waals surface area (Å²) in [4.78, 5) is 2.21. The average molecular weight is 658 g/mol. The van der Waals surface area contributed by atoms with Crippen LogP contribution < -0.4 is 0 Å². The van der Waals surface area contributed by atoms with Crippen molar-refractivity contribution >= 4 is 21.0 Å². The number of morpholine rings is 1. The molecule has 0 bridgehead atoms. The lowest BCUT2D eigenvalue weighted by atomic mass is 9.89. The molecular weight excluding hydrogens is 613 g/mol. The van der Waals surface area contributed by atoms with Crippen molar-refractivity contribution in [3.05, 3.63) is 65.2 Å². The molecule has 45 heavy (non-hydrogen) atoms. The molecule has 2 aliphatic rings. The zero-order chi connectivity index (χ0) is 32.5. The molecule has 1 aliphatic heterocycles. The molecule has 0 spiro atoms. The van der Waals surface area contributed by atoms with Gasteiger partial charge in [0, 0.05) is 19.0 Å². The lowest BCUT2D eigenvalue weighted by Gasteiger charge is -2.35. The number of benzene rings is 2. The van der Waals surface area contributed by atoms with Crippen LogP contribution in [0.15, 0.2) is 48.5 Å². The number of hydrogen-bond donors (Lipinski definition) is 1. The smallest absolute Gasteiger partial charge is 0.453 e. The first kappa shape index (κ1) is 35.4. The number of fused-ring (bicyclic) bond motifs is 1. The van der Waals surface area contributed by atoms with E-state index in [0.29, 0.717) is 25.5 Å². The maximum atomic E-state index is 13.1. The molecule has 0 amide bonds. The Kier molecular flexibility index (Phi) is 12.5. The molecule has 0 aromatic heterocycles.